The number of aliphatic hydroxyl groups is 1. The van der Waals surface area contributed by atoms with Crippen LogP contribution in [0.4, 0.5) is 0 Å². The van der Waals surface area contributed by atoms with Crippen molar-refractivity contribution in [3.8, 4) is 0 Å². The predicted molar refractivity (Wildman–Crippen MR) is 61.0 cm³/mol. The van der Waals surface area contributed by atoms with Crippen molar-refractivity contribution < 1.29 is 5.11 Å². The summed E-state index contributed by atoms with van der Waals surface area (Å²) in [7, 11) is 0. The Balaban J connectivity index is 2.67. The third-order valence-corrected chi connectivity index (χ3v) is 2.29. The van der Waals surface area contributed by atoms with Gasteiger partial charge < -0.3 is 10.4 Å². The van der Waals surface area contributed by atoms with Crippen molar-refractivity contribution in [3.63, 3.8) is 0 Å². The number of aromatic nitrogens is 2. The van der Waals surface area contributed by atoms with Crippen LogP contribution in [0, 0.1) is 0 Å². The van der Waals surface area contributed by atoms with Gasteiger partial charge in [0.05, 0.1) is 29.9 Å². The molecule has 0 saturated heterocycles. The number of halogens is 1. The lowest BCUT2D eigenvalue weighted by atomic mass is 10.0. The van der Waals surface area contributed by atoms with Crippen molar-refractivity contribution in [1.82, 2.24) is 15.1 Å². The molecule has 0 amide bonds. The molecule has 1 heterocycles. The topological polar surface area (TPSA) is 50.1 Å². The number of nitrogens with one attached hydrogen (secondary N) is 1. The molecule has 86 valence electrons. The van der Waals surface area contributed by atoms with E-state index in [1.807, 2.05) is 20.8 Å². The van der Waals surface area contributed by atoms with Gasteiger partial charge in [-0.3, -0.25) is 4.68 Å². The van der Waals surface area contributed by atoms with Gasteiger partial charge in [-0.15, -0.1) is 0 Å². The van der Waals surface area contributed by atoms with E-state index < -0.39 is 0 Å². The molecular weight excluding hydrogens is 214 g/mol. The zero-order chi connectivity index (χ0) is 11.5. The molecule has 1 unspecified atom stereocenters. The number of aliphatic hydroxyl groups excluding tert-OH is 1. The average Bonchev–Trinajstić information content (AvgIpc) is 2.49. The Labute approximate surface area is 95.2 Å². The highest BCUT2D eigenvalue weighted by Gasteiger charge is 2.24. The van der Waals surface area contributed by atoms with Crippen LogP contribution >= 0.6 is 11.6 Å². The number of hydrogen-bond acceptors (Lipinski definition) is 3. The zero-order valence-electron chi connectivity index (χ0n) is 9.37. The van der Waals surface area contributed by atoms with Gasteiger partial charge in [-0.2, -0.15) is 5.10 Å². The maximum absolute atomic E-state index is 9.37. The Morgan fingerprint density at radius 1 is 1.67 bits per heavy atom. The molecule has 1 rings (SSSR count). The lowest BCUT2D eigenvalue weighted by molar-refractivity contribution is 0.144. The summed E-state index contributed by atoms with van der Waals surface area (Å²) < 4.78 is 1.73. The van der Waals surface area contributed by atoms with Crippen LogP contribution in [0.5, 0.6) is 0 Å². The quantitative estimate of drug-likeness (QED) is 0.803. The molecular formula is C10H18ClN3O. The van der Waals surface area contributed by atoms with Crippen LogP contribution in [0.2, 0.25) is 5.02 Å². The highest BCUT2D eigenvalue weighted by atomic mass is 35.5. The monoisotopic (exact) mass is 231 g/mol. The van der Waals surface area contributed by atoms with Gasteiger partial charge in [0.2, 0.25) is 0 Å². The van der Waals surface area contributed by atoms with Crippen LogP contribution < -0.4 is 5.32 Å². The minimum atomic E-state index is -0.372. The van der Waals surface area contributed by atoms with Crippen molar-refractivity contribution in [1.29, 1.82) is 0 Å². The Morgan fingerprint density at radius 2 is 2.33 bits per heavy atom. The second-order valence-electron chi connectivity index (χ2n) is 4.37. The zero-order valence-corrected chi connectivity index (χ0v) is 10.1. The molecule has 0 fully saturated rings. The van der Waals surface area contributed by atoms with Gasteiger partial charge in [0.1, 0.15) is 0 Å². The molecule has 0 radical (unpaired) electrons. The molecule has 4 nitrogen and oxygen atoms in total. The van der Waals surface area contributed by atoms with Gasteiger partial charge in [-0.25, -0.2) is 0 Å². The van der Waals surface area contributed by atoms with E-state index in [0.717, 1.165) is 0 Å². The summed E-state index contributed by atoms with van der Waals surface area (Å²) in [6.07, 6.45) is 3.34. The average molecular weight is 232 g/mol. The fraction of sp³-hybridized carbons (Fsp3) is 0.700. The van der Waals surface area contributed by atoms with Crippen molar-refractivity contribution >= 4 is 11.6 Å². The van der Waals surface area contributed by atoms with Crippen LogP contribution in [0.1, 0.15) is 20.8 Å². The molecule has 0 aromatic carbocycles. The van der Waals surface area contributed by atoms with Gasteiger partial charge in [-0.1, -0.05) is 25.4 Å². The molecule has 1 aromatic rings. The second kappa shape index (κ2) is 4.96. The predicted octanol–water partition coefficient (Wildman–Crippen LogP) is 1.29. The lowest BCUT2D eigenvalue weighted by Gasteiger charge is -2.30. The Kier molecular flexibility index (Phi) is 4.13. The summed E-state index contributed by atoms with van der Waals surface area (Å²) in [6.45, 7) is 6.70. The molecule has 0 aliphatic heterocycles. The SMILES string of the molecule is CC(C)NC(C)(CO)Cn1cc(Cl)cn1. The Bertz CT molecular complexity index is 313. The summed E-state index contributed by atoms with van der Waals surface area (Å²) in [5.74, 6) is 0. The third kappa shape index (κ3) is 3.81. The van der Waals surface area contributed by atoms with Crippen LogP contribution in [-0.2, 0) is 6.54 Å². The summed E-state index contributed by atoms with van der Waals surface area (Å²) in [4.78, 5) is 0. The summed E-state index contributed by atoms with van der Waals surface area (Å²) in [5.41, 5.74) is -0.372. The van der Waals surface area contributed by atoms with E-state index in [1.165, 1.54) is 0 Å². The highest BCUT2D eigenvalue weighted by molar-refractivity contribution is 6.30. The third-order valence-electron chi connectivity index (χ3n) is 2.10. The minimum absolute atomic E-state index is 0.0582. The number of nitrogens with zero attached hydrogens (tertiary/aromatic N) is 2. The molecule has 0 spiro atoms. The number of hydrogen-bond donors (Lipinski definition) is 2. The molecule has 2 N–H and O–H groups in total. The van der Waals surface area contributed by atoms with Gasteiger partial charge >= 0.3 is 0 Å². The highest BCUT2D eigenvalue weighted by Crippen LogP contribution is 2.11. The van der Waals surface area contributed by atoms with E-state index in [0.29, 0.717) is 17.6 Å². The largest absolute Gasteiger partial charge is 0.394 e. The first kappa shape index (κ1) is 12.5. The van der Waals surface area contributed by atoms with Crippen LogP contribution in [-0.4, -0.2) is 33.1 Å². The second-order valence-corrected chi connectivity index (χ2v) is 4.81. The standard InChI is InChI=1S/C10H18ClN3O/c1-8(2)13-10(3,7-15)6-14-5-9(11)4-12-14/h4-5,8,13,15H,6-7H2,1-3H3. The summed E-state index contributed by atoms with van der Waals surface area (Å²) >= 11 is 5.77. The summed E-state index contributed by atoms with van der Waals surface area (Å²) in [6, 6.07) is 0.313. The fourth-order valence-electron chi connectivity index (χ4n) is 1.62. The molecule has 1 aromatic heterocycles. The lowest BCUT2D eigenvalue weighted by Crippen LogP contribution is -2.52. The Morgan fingerprint density at radius 3 is 2.73 bits per heavy atom. The van der Waals surface area contributed by atoms with E-state index in [1.54, 1.807) is 17.1 Å². The van der Waals surface area contributed by atoms with Crippen LogP contribution in [0.25, 0.3) is 0 Å². The fourth-order valence-corrected chi connectivity index (χ4v) is 1.78. The van der Waals surface area contributed by atoms with Gasteiger partial charge in [0.15, 0.2) is 0 Å². The van der Waals surface area contributed by atoms with E-state index in [-0.39, 0.29) is 12.1 Å². The molecule has 5 heteroatoms. The number of rotatable bonds is 5. The van der Waals surface area contributed by atoms with E-state index in [4.69, 9.17) is 11.6 Å². The molecule has 0 aliphatic carbocycles. The van der Waals surface area contributed by atoms with E-state index >= 15 is 0 Å². The van der Waals surface area contributed by atoms with Crippen molar-refractivity contribution in [2.24, 2.45) is 0 Å². The normalized spacial score (nSPS) is 15.6. The summed E-state index contributed by atoms with van der Waals surface area (Å²) in [5, 5.41) is 17.4. The van der Waals surface area contributed by atoms with Gasteiger partial charge in [-0.05, 0) is 6.92 Å². The first-order chi connectivity index (χ1) is 6.95. The maximum atomic E-state index is 9.37. The first-order valence-electron chi connectivity index (χ1n) is 5.02. The first-order valence-corrected chi connectivity index (χ1v) is 5.39. The molecule has 1 atom stereocenters. The van der Waals surface area contributed by atoms with Crippen molar-refractivity contribution in [3.05, 3.63) is 17.4 Å². The van der Waals surface area contributed by atoms with E-state index in [9.17, 15) is 5.11 Å². The minimum Gasteiger partial charge on any atom is -0.394 e. The van der Waals surface area contributed by atoms with Crippen LogP contribution in [0.15, 0.2) is 12.4 Å². The van der Waals surface area contributed by atoms with Crippen molar-refractivity contribution in [2.45, 2.75) is 38.9 Å². The van der Waals surface area contributed by atoms with E-state index in [2.05, 4.69) is 10.4 Å². The molecule has 0 saturated carbocycles. The maximum Gasteiger partial charge on any atom is 0.0785 e. The smallest absolute Gasteiger partial charge is 0.0785 e. The molecule has 0 aliphatic rings. The van der Waals surface area contributed by atoms with Gasteiger partial charge in [0, 0.05) is 12.2 Å². The van der Waals surface area contributed by atoms with Gasteiger partial charge in [0.25, 0.3) is 0 Å². The molecule has 0 bridgehead atoms. The molecule has 15 heavy (non-hydrogen) atoms. The van der Waals surface area contributed by atoms with Crippen molar-refractivity contribution in [2.75, 3.05) is 6.61 Å². The van der Waals surface area contributed by atoms with Crippen LogP contribution in [0.3, 0.4) is 0 Å². The Hall–Kier alpha value is -0.580.